The molecule has 128 valence electrons. The summed E-state index contributed by atoms with van der Waals surface area (Å²) in [6.07, 6.45) is 2.99. The lowest BCUT2D eigenvalue weighted by molar-refractivity contribution is -0.117. The molecule has 7 heteroatoms. The van der Waals surface area contributed by atoms with Gasteiger partial charge in [0.25, 0.3) is 11.8 Å². The van der Waals surface area contributed by atoms with Crippen molar-refractivity contribution in [3.8, 4) is 11.5 Å². The Hall–Kier alpha value is -2.80. The van der Waals surface area contributed by atoms with Gasteiger partial charge in [0.2, 0.25) is 0 Å². The first-order valence-corrected chi connectivity index (χ1v) is 8.35. The Morgan fingerprint density at radius 1 is 0.960 bits per heavy atom. The fraction of sp³-hybridized carbons (Fsp3) is 0.111. The maximum atomic E-state index is 12.1. The smallest absolute Gasteiger partial charge is 0.269 e. The van der Waals surface area contributed by atoms with Gasteiger partial charge >= 0.3 is 0 Å². The zero-order valence-corrected chi connectivity index (χ0v) is 14.7. The van der Waals surface area contributed by atoms with Crippen molar-refractivity contribution in [2.24, 2.45) is 0 Å². The third kappa shape index (κ3) is 4.60. The third-order valence-corrected chi connectivity index (χ3v) is 3.93. The molecule has 1 aliphatic heterocycles. The van der Waals surface area contributed by atoms with Crippen LogP contribution in [0, 0.1) is 0 Å². The summed E-state index contributed by atoms with van der Waals surface area (Å²) in [4.78, 5) is 23.9. The number of hydrazine groups is 1. The molecule has 0 aliphatic carbocycles. The van der Waals surface area contributed by atoms with Gasteiger partial charge in [-0.05, 0) is 42.0 Å². The van der Waals surface area contributed by atoms with Crippen molar-refractivity contribution in [2.45, 2.75) is 0 Å². The van der Waals surface area contributed by atoms with E-state index in [9.17, 15) is 9.59 Å². The molecule has 0 unspecified atom stereocenters. The van der Waals surface area contributed by atoms with Gasteiger partial charge in [0, 0.05) is 16.1 Å². The van der Waals surface area contributed by atoms with Crippen molar-refractivity contribution in [1.82, 2.24) is 10.9 Å². The summed E-state index contributed by atoms with van der Waals surface area (Å²) in [5.74, 6) is 0.237. The summed E-state index contributed by atoms with van der Waals surface area (Å²) >= 11 is 3.34. The quantitative estimate of drug-likeness (QED) is 0.611. The zero-order chi connectivity index (χ0) is 17.6. The van der Waals surface area contributed by atoms with Crippen LogP contribution in [0.15, 0.2) is 53.0 Å². The summed E-state index contributed by atoms with van der Waals surface area (Å²) in [5, 5.41) is 0. The lowest BCUT2D eigenvalue weighted by atomic mass is 10.2. The van der Waals surface area contributed by atoms with Crippen LogP contribution in [-0.4, -0.2) is 25.0 Å². The monoisotopic (exact) mass is 402 g/mol. The minimum absolute atomic E-state index is 0.362. The van der Waals surface area contributed by atoms with E-state index in [0.29, 0.717) is 30.3 Å². The van der Waals surface area contributed by atoms with Gasteiger partial charge in [-0.15, -0.1) is 0 Å². The Morgan fingerprint density at radius 2 is 1.68 bits per heavy atom. The number of hydrogen-bond donors (Lipinski definition) is 2. The highest BCUT2D eigenvalue weighted by Crippen LogP contribution is 2.30. The molecule has 0 bridgehead atoms. The maximum absolute atomic E-state index is 12.1. The van der Waals surface area contributed by atoms with E-state index in [4.69, 9.17) is 9.47 Å². The number of halogens is 1. The molecule has 0 fully saturated rings. The number of hydrogen-bond acceptors (Lipinski definition) is 4. The molecule has 2 amide bonds. The Balaban J connectivity index is 1.54. The van der Waals surface area contributed by atoms with Crippen molar-refractivity contribution >= 4 is 33.8 Å². The van der Waals surface area contributed by atoms with Gasteiger partial charge < -0.3 is 9.47 Å². The highest BCUT2D eigenvalue weighted by Gasteiger charge is 2.15. The Morgan fingerprint density at radius 3 is 2.44 bits per heavy atom. The molecule has 0 atom stereocenters. The lowest BCUT2D eigenvalue weighted by Gasteiger charge is -2.18. The van der Waals surface area contributed by atoms with Gasteiger partial charge in [0.05, 0.1) is 0 Å². The summed E-state index contributed by atoms with van der Waals surface area (Å²) in [6, 6.07) is 12.3. The third-order valence-electron chi connectivity index (χ3n) is 3.40. The number of amides is 2. The van der Waals surface area contributed by atoms with E-state index in [2.05, 4.69) is 26.8 Å². The average Bonchev–Trinajstić information content (AvgIpc) is 2.65. The van der Waals surface area contributed by atoms with Crippen molar-refractivity contribution in [1.29, 1.82) is 0 Å². The average molecular weight is 403 g/mol. The molecule has 2 aromatic rings. The van der Waals surface area contributed by atoms with Crippen LogP contribution in [0.5, 0.6) is 11.5 Å². The summed E-state index contributed by atoms with van der Waals surface area (Å²) in [6.45, 7) is 0.926. The molecule has 2 aromatic carbocycles. The SMILES string of the molecule is O=C(/C=C/c1ccc(Br)cc1)NNC(=O)c1ccc2c(c1)OCCO2. The summed E-state index contributed by atoms with van der Waals surface area (Å²) in [7, 11) is 0. The van der Waals surface area contributed by atoms with Gasteiger partial charge in [-0.1, -0.05) is 28.1 Å². The largest absolute Gasteiger partial charge is 0.486 e. The van der Waals surface area contributed by atoms with Gasteiger partial charge in [0.1, 0.15) is 13.2 Å². The Labute approximate surface area is 152 Å². The molecule has 0 aromatic heterocycles. The second-order valence-electron chi connectivity index (χ2n) is 5.19. The topological polar surface area (TPSA) is 76.7 Å². The molecule has 0 saturated heterocycles. The first-order valence-electron chi connectivity index (χ1n) is 7.55. The van der Waals surface area contributed by atoms with Crippen molar-refractivity contribution < 1.29 is 19.1 Å². The highest BCUT2D eigenvalue weighted by atomic mass is 79.9. The van der Waals surface area contributed by atoms with E-state index in [1.807, 2.05) is 24.3 Å². The van der Waals surface area contributed by atoms with Gasteiger partial charge in [-0.25, -0.2) is 0 Å². The van der Waals surface area contributed by atoms with E-state index >= 15 is 0 Å². The van der Waals surface area contributed by atoms with E-state index in [0.717, 1.165) is 10.0 Å². The van der Waals surface area contributed by atoms with Gasteiger partial charge in [-0.2, -0.15) is 0 Å². The van der Waals surface area contributed by atoms with Crippen LogP contribution in [0.3, 0.4) is 0 Å². The van der Waals surface area contributed by atoms with Crippen molar-refractivity contribution in [3.05, 3.63) is 64.1 Å². The normalized spacial score (nSPS) is 12.7. The molecule has 0 spiro atoms. The van der Waals surface area contributed by atoms with Crippen LogP contribution in [-0.2, 0) is 4.79 Å². The fourth-order valence-corrected chi connectivity index (χ4v) is 2.43. The number of nitrogens with one attached hydrogen (secondary N) is 2. The first kappa shape index (κ1) is 17.0. The van der Waals surface area contributed by atoms with Crippen LogP contribution in [0.2, 0.25) is 0 Å². The van der Waals surface area contributed by atoms with Crippen molar-refractivity contribution in [2.75, 3.05) is 13.2 Å². The van der Waals surface area contributed by atoms with Gasteiger partial charge in [0.15, 0.2) is 11.5 Å². The molecule has 1 heterocycles. The van der Waals surface area contributed by atoms with E-state index in [1.165, 1.54) is 6.08 Å². The number of ether oxygens (including phenoxy) is 2. The van der Waals surface area contributed by atoms with E-state index in [1.54, 1.807) is 24.3 Å². The van der Waals surface area contributed by atoms with Crippen LogP contribution >= 0.6 is 15.9 Å². The van der Waals surface area contributed by atoms with Crippen molar-refractivity contribution in [3.63, 3.8) is 0 Å². The second kappa shape index (κ2) is 7.85. The number of carbonyl (C=O) groups excluding carboxylic acids is 2. The molecule has 0 saturated carbocycles. The molecule has 0 radical (unpaired) electrons. The zero-order valence-electron chi connectivity index (χ0n) is 13.1. The number of fused-ring (bicyclic) bond motifs is 1. The molecule has 2 N–H and O–H groups in total. The summed E-state index contributed by atoms with van der Waals surface area (Å²) in [5.41, 5.74) is 5.93. The Bertz CT molecular complexity index is 818. The number of rotatable bonds is 3. The molecule has 1 aliphatic rings. The van der Waals surface area contributed by atoms with E-state index in [-0.39, 0.29) is 0 Å². The minimum atomic E-state index is -0.442. The maximum Gasteiger partial charge on any atom is 0.269 e. The van der Waals surface area contributed by atoms with Crippen LogP contribution < -0.4 is 20.3 Å². The minimum Gasteiger partial charge on any atom is -0.486 e. The van der Waals surface area contributed by atoms with Gasteiger partial charge in [-0.3, -0.25) is 20.4 Å². The van der Waals surface area contributed by atoms with Crippen LogP contribution in [0.25, 0.3) is 6.08 Å². The highest BCUT2D eigenvalue weighted by molar-refractivity contribution is 9.10. The predicted octanol–water partition coefficient (Wildman–Crippen LogP) is 2.69. The van der Waals surface area contributed by atoms with Crippen LogP contribution in [0.1, 0.15) is 15.9 Å². The molecular formula is C18H15BrN2O4. The fourth-order valence-electron chi connectivity index (χ4n) is 2.16. The molecule has 25 heavy (non-hydrogen) atoms. The molecule has 3 rings (SSSR count). The second-order valence-corrected chi connectivity index (χ2v) is 6.10. The lowest BCUT2D eigenvalue weighted by Crippen LogP contribution is -2.40. The number of carbonyl (C=O) groups is 2. The predicted molar refractivity (Wildman–Crippen MR) is 96.2 cm³/mol. The summed E-state index contributed by atoms with van der Waals surface area (Å²) < 4.78 is 11.8. The number of benzene rings is 2. The standard InChI is InChI=1S/C18H15BrN2O4/c19-14-5-1-12(2-6-14)3-8-17(22)20-21-18(23)13-4-7-15-16(11-13)25-10-9-24-15/h1-8,11H,9-10H2,(H,20,22)(H,21,23)/b8-3+. The molecule has 6 nitrogen and oxygen atoms in total. The van der Waals surface area contributed by atoms with E-state index < -0.39 is 11.8 Å². The Kier molecular flexibility index (Phi) is 5.35. The van der Waals surface area contributed by atoms with Crippen LogP contribution in [0.4, 0.5) is 0 Å². The first-order chi connectivity index (χ1) is 12.1. The molecular weight excluding hydrogens is 388 g/mol.